The Bertz CT molecular complexity index is 1450. The highest BCUT2D eigenvalue weighted by molar-refractivity contribution is 9.10. The standard InChI is InChI=1S/C29H38BrN8O2P/c1-20(2)37(4)13-14-38-15-16-40-26-17-22(8-10-25(26)38)34-29-33-18-23(30)28(36-29)35-24-9-7-21(3)32-12-11-31-19-27(24)41(5,6)39/h7-12,17-18,20H,3,13-16,19H2,1-2,4-6H3,(H2,33,34,35,36)/b9-7-,27-24-,31-11-,32-12-. The van der Waals surface area contributed by atoms with Crippen LogP contribution in [0.1, 0.15) is 13.8 Å². The number of likely N-dealkylation sites (N-methyl/N-ethyl adjacent to an activating group) is 1. The van der Waals surface area contributed by atoms with Gasteiger partial charge in [0.1, 0.15) is 25.3 Å². The Hall–Kier alpha value is -3.27. The van der Waals surface area contributed by atoms with E-state index in [1.165, 1.54) is 0 Å². The van der Waals surface area contributed by atoms with Crippen molar-refractivity contribution in [3.05, 3.63) is 64.3 Å². The molecule has 2 aliphatic heterocycles. The second kappa shape index (κ2) is 13.6. The number of ether oxygens (including phenoxy) is 1. The lowest BCUT2D eigenvalue weighted by Gasteiger charge is -2.33. The molecule has 2 N–H and O–H groups in total. The number of nitrogens with one attached hydrogen (secondary N) is 2. The molecule has 0 spiro atoms. The van der Waals surface area contributed by atoms with E-state index >= 15 is 0 Å². The van der Waals surface area contributed by atoms with Gasteiger partial charge in [-0.1, -0.05) is 6.58 Å². The second-order valence-corrected chi connectivity index (χ2v) is 14.6. The second-order valence-electron chi connectivity index (χ2n) is 10.5. The van der Waals surface area contributed by atoms with Crippen molar-refractivity contribution < 1.29 is 9.30 Å². The average molecular weight is 642 g/mol. The number of benzene rings is 1. The lowest BCUT2D eigenvalue weighted by molar-refractivity contribution is 0.268. The molecule has 0 saturated heterocycles. The van der Waals surface area contributed by atoms with Gasteiger partial charge in [0.2, 0.25) is 5.95 Å². The number of halogens is 1. The fourth-order valence-electron chi connectivity index (χ4n) is 4.19. The van der Waals surface area contributed by atoms with E-state index in [2.05, 4.69) is 84.9 Å². The number of anilines is 4. The zero-order valence-corrected chi connectivity index (χ0v) is 26.7. The van der Waals surface area contributed by atoms with E-state index in [4.69, 9.17) is 9.72 Å². The summed E-state index contributed by atoms with van der Waals surface area (Å²) in [5, 5.41) is 7.31. The average Bonchev–Trinajstić information content (AvgIpc) is 2.92. The van der Waals surface area contributed by atoms with Crippen LogP contribution in [0.25, 0.3) is 0 Å². The van der Waals surface area contributed by atoms with Crippen molar-refractivity contribution in [2.75, 3.05) is 68.7 Å². The van der Waals surface area contributed by atoms with Gasteiger partial charge >= 0.3 is 0 Å². The summed E-state index contributed by atoms with van der Waals surface area (Å²) in [6.07, 6.45) is 8.41. The van der Waals surface area contributed by atoms with Crippen LogP contribution in [-0.2, 0) is 4.57 Å². The van der Waals surface area contributed by atoms with Crippen LogP contribution in [0.3, 0.4) is 0 Å². The molecule has 2 aromatic rings. The van der Waals surface area contributed by atoms with Gasteiger partial charge < -0.3 is 29.7 Å². The Labute approximate surface area is 250 Å². The van der Waals surface area contributed by atoms with E-state index in [-0.39, 0.29) is 6.54 Å². The van der Waals surface area contributed by atoms with Gasteiger partial charge in [-0.15, -0.1) is 0 Å². The summed E-state index contributed by atoms with van der Waals surface area (Å²) in [6, 6.07) is 6.56. The van der Waals surface area contributed by atoms with Crippen molar-refractivity contribution in [3.63, 3.8) is 0 Å². The number of fused-ring (bicyclic) bond motifs is 1. The molecule has 12 heteroatoms. The van der Waals surface area contributed by atoms with Gasteiger partial charge in [0.05, 0.1) is 28.9 Å². The minimum absolute atomic E-state index is 0.267. The number of rotatable bonds is 9. The first kappa shape index (κ1) is 30.7. The quantitative estimate of drug-likeness (QED) is 0.322. The maximum atomic E-state index is 13.2. The summed E-state index contributed by atoms with van der Waals surface area (Å²) in [4.78, 5) is 22.4. The molecule has 41 heavy (non-hydrogen) atoms. The lowest BCUT2D eigenvalue weighted by atomic mass is 10.2. The number of aliphatic imine (C=N–C) groups is 2. The zero-order chi connectivity index (χ0) is 29.6. The summed E-state index contributed by atoms with van der Waals surface area (Å²) >= 11 is 3.55. The molecule has 1 aromatic carbocycles. The van der Waals surface area contributed by atoms with Gasteiger partial charge in [0.15, 0.2) is 0 Å². The van der Waals surface area contributed by atoms with Gasteiger partial charge in [0, 0.05) is 60.5 Å². The van der Waals surface area contributed by atoms with Crippen LogP contribution < -0.4 is 20.3 Å². The van der Waals surface area contributed by atoms with E-state index in [9.17, 15) is 4.57 Å². The van der Waals surface area contributed by atoms with Gasteiger partial charge in [-0.25, -0.2) is 4.98 Å². The van der Waals surface area contributed by atoms with Crippen LogP contribution in [0, 0.1) is 0 Å². The molecule has 0 aliphatic carbocycles. The van der Waals surface area contributed by atoms with Gasteiger partial charge in [-0.05, 0) is 74.4 Å². The van der Waals surface area contributed by atoms with Crippen molar-refractivity contribution >= 4 is 58.6 Å². The molecule has 4 rings (SSSR count). The maximum absolute atomic E-state index is 13.2. The molecule has 0 radical (unpaired) electrons. The minimum atomic E-state index is -2.67. The van der Waals surface area contributed by atoms with Gasteiger partial charge in [-0.2, -0.15) is 4.98 Å². The summed E-state index contributed by atoms with van der Waals surface area (Å²) in [6.45, 7) is 15.5. The predicted molar refractivity (Wildman–Crippen MR) is 175 cm³/mol. The molecular weight excluding hydrogens is 603 g/mol. The lowest BCUT2D eigenvalue weighted by Crippen LogP contribution is -2.40. The van der Waals surface area contributed by atoms with E-state index in [1.807, 2.05) is 18.2 Å². The fourth-order valence-corrected chi connectivity index (χ4v) is 5.61. The third kappa shape index (κ3) is 8.38. The van der Waals surface area contributed by atoms with E-state index in [0.29, 0.717) is 45.6 Å². The molecule has 2 aliphatic rings. The fraction of sp³-hybridized carbons (Fsp3) is 0.379. The smallest absolute Gasteiger partial charge is 0.229 e. The van der Waals surface area contributed by atoms with Crippen LogP contribution >= 0.6 is 23.1 Å². The largest absolute Gasteiger partial charge is 0.489 e. The third-order valence-corrected chi connectivity index (χ3v) is 9.10. The normalized spacial score (nSPS) is 19.9. The third-order valence-electron chi connectivity index (χ3n) is 6.83. The Morgan fingerprint density at radius 1 is 1.22 bits per heavy atom. The highest BCUT2D eigenvalue weighted by atomic mass is 79.9. The number of nitrogens with zero attached hydrogens (tertiary/aromatic N) is 6. The zero-order valence-electron chi connectivity index (χ0n) is 24.3. The van der Waals surface area contributed by atoms with Crippen molar-refractivity contribution in [1.29, 1.82) is 0 Å². The highest BCUT2D eigenvalue weighted by Crippen LogP contribution is 2.48. The Morgan fingerprint density at radius 3 is 2.78 bits per heavy atom. The molecule has 0 amide bonds. The number of allylic oxidation sites excluding steroid dienone is 2. The Balaban J connectivity index is 1.57. The monoisotopic (exact) mass is 640 g/mol. The van der Waals surface area contributed by atoms with Crippen LogP contribution in [0.2, 0.25) is 0 Å². The van der Waals surface area contributed by atoms with Crippen molar-refractivity contribution in [1.82, 2.24) is 14.9 Å². The van der Waals surface area contributed by atoms with Gasteiger partial charge in [0.25, 0.3) is 0 Å². The summed E-state index contributed by atoms with van der Waals surface area (Å²) in [5.74, 6) is 1.74. The molecule has 0 atom stereocenters. The van der Waals surface area contributed by atoms with Crippen molar-refractivity contribution in [3.8, 4) is 5.75 Å². The van der Waals surface area contributed by atoms with Crippen LogP contribution in [0.15, 0.2) is 74.3 Å². The molecule has 0 bridgehead atoms. The van der Waals surface area contributed by atoms with Crippen LogP contribution in [0.5, 0.6) is 5.75 Å². The summed E-state index contributed by atoms with van der Waals surface area (Å²) in [5.41, 5.74) is 3.07. The van der Waals surface area contributed by atoms with Crippen molar-refractivity contribution in [2.45, 2.75) is 19.9 Å². The summed E-state index contributed by atoms with van der Waals surface area (Å²) < 4.78 is 19.9. The molecule has 3 heterocycles. The molecule has 1 aromatic heterocycles. The Morgan fingerprint density at radius 2 is 2.02 bits per heavy atom. The maximum Gasteiger partial charge on any atom is 0.229 e. The van der Waals surface area contributed by atoms with E-state index in [1.54, 1.807) is 38.0 Å². The molecule has 0 saturated carbocycles. The topological polar surface area (TPSA) is 107 Å². The molecular formula is C29H38BrN8O2P. The first-order chi connectivity index (χ1) is 19.5. The van der Waals surface area contributed by atoms with Crippen LogP contribution in [-0.4, -0.2) is 86.5 Å². The van der Waals surface area contributed by atoms with E-state index in [0.717, 1.165) is 36.8 Å². The SMILES string of the molecule is C=C1/C=C\C(Nc2nc(Nc3ccc4c(c3)OCCN4CCN(C)C(C)C)ncc2Br)=C(\P(C)(C)=O)C/N=C\C=N/1. The number of aromatic nitrogens is 2. The molecule has 0 unspecified atom stereocenters. The van der Waals surface area contributed by atoms with Crippen LogP contribution in [0.4, 0.5) is 23.1 Å². The summed E-state index contributed by atoms with van der Waals surface area (Å²) in [7, 11) is -0.517. The number of hydrogen-bond donors (Lipinski definition) is 2. The predicted octanol–water partition coefficient (Wildman–Crippen LogP) is 5.99. The molecule has 10 nitrogen and oxygen atoms in total. The van der Waals surface area contributed by atoms with Crippen molar-refractivity contribution in [2.24, 2.45) is 9.98 Å². The van der Waals surface area contributed by atoms with E-state index < -0.39 is 7.14 Å². The molecule has 0 fully saturated rings. The van der Waals surface area contributed by atoms with Gasteiger partial charge in [-0.3, -0.25) is 9.98 Å². The highest BCUT2D eigenvalue weighted by Gasteiger charge is 2.21. The minimum Gasteiger partial charge on any atom is -0.489 e. The number of hydrogen-bond acceptors (Lipinski definition) is 10. The first-order valence-corrected chi connectivity index (χ1v) is 16.9. The molecule has 218 valence electrons. The Kier molecular flexibility index (Phi) is 10.2. The first-order valence-electron chi connectivity index (χ1n) is 13.5.